The molecule has 0 amide bonds. The second kappa shape index (κ2) is 8.48. The molecule has 0 unspecified atom stereocenters. The van der Waals surface area contributed by atoms with Gasteiger partial charge in [0.05, 0.1) is 5.02 Å². The Labute approximate surface area is 146 Å². The van der Waals surface area contributed by atoms with Crippen LogP contribution in [0.5, 0.6) is 5.75 Å². The van der Waals surface area contributed by atoms with Gasteiger partial charge in [-0.3, -0.25) is 4.98 Å². The number of aromatic nitrogens is 1. The van der Waals surface area contributed by atoms with Crippen molar-refractivity contribution in [2.75, 3.05) is 13.1 Å². The molecule has 23 heavy (non-hydrogen) atoms. The number of piperidine rings is 1. The summed E-state index contributed by atoms with van der Waals surface area (Å²) in [5.41, 5.74) is 1.54. The summed E-state index contributed by atoms with van der Waals surface area (Å²) < 4.78 is 19.4. The van der Waals surface area contributed by atoms with Gasteiger partial charge < -0.3 is 10.1 Å². The number of benzene rings is 1. The first kappa shape index (κ1) is 18.0. The fourth-order valence-corrected chi connectivity index (χ4v) is 2.86. The second-order valence-corrected chi connectivity index (χ2v) is 5.90. The molecule has 0 bridgehead atoms. The lowest BCUT2D eigenvalue weighted by atomic mass is 9.90. The third-order valence-corrected chi connectivity index (χ3v) is 4.13. The maximum atomic E-state index is 13.7. The van der Waals surface area contributed by atoms with Crippen molar-refractivity contribution < 1.29 is 9.13 Å². The van der Waals surface area contributed by atoms with Gasteiger partial charge in [0.25, 0.3) is 0 Å². The lowest BCUT2D eigenvalue weighted by molar-refractivity contribution is 0.293. The van der Waals surface area contributed by atoms with Crippen LogP contribution in [0.4, 0.5) is 4.39 Å². The molecule has 1 aromatic heterocycles. The zero-order chi connectivity index (χ0) is 15.4. The first-order valence-electron chi connectivity index (χ1n) is 7.46. The second-order valence-electron chi connectivity index (χ2n) is 5.47. The quantitative estimate of drug-likeness (QED) is 0.884. The van der Waals surface area contributed by atoms with E-state index in [-0.39, 0.29) is 29.7 Å². The Bertz CT molecular complexity index is 648. The van der Waals surface area contributed by atoms with Crippen LogP contribution in [0.3, 0.4) is 0 Å². The van der Waals surface area contributed by atoms with Gasteiger partial charge in [0.15, 0.2) is 0 Å². The van der Waals surface area contributed by atoms with E-state index in [0.29, 0.717) is 5.92 Å². The molecule has 1 saturated heterocycles. The zero-order valence-electron chi connectivity index (χ0n) is 12.6. The van der Waals surface area contributed by atoms with Gasteiger partial charge in [-0.1, -0.05) is 23.7 Å². The Morgan fingerprint density at radius 3 is 2.78 bits per heavy atom. The van der Waals surface area contributed by atoms with E-state index in [0.717, 1.165) is 31.7 Å². The van der Waals surface area contributed by atoms with E-state index in [1.165, 1.54) is 17.8 Å². The molecule has 2 aromatic rings. The average Bonchev–Trinajstić information content (AvgIpc) is 2.55. The summed E-state index contributed by atoms with van der Waals surface area (Å²) in [5, 5.41) is 3.65. The van der Waals surface area contributed by atoms with E-state index in [1.807, 2.05) is 18.2 Å². The number of halogens is 3. The molecule has 0 aliphatic carbocycles. The highest BCUT2D eigenvalue weighted by atomic mass is 35.5. The molecule has 0 radical (unpaired) electrons. The minimum absolute atomic E-state index is 0. The Kier molecular flexibility index (Phi) is 6.63. The number of nitrogens with one attached hydrogen (secondary N) is 1. The third kappa shape index (κ3) is 4.80. The molecule has 1 aliphatic rings. The molecule has 1 aromatic carbocycles. The lowest BCUT2D eigenvalue weighted by Gasteiger charge is -2.23. The number of rotatable bonds is 4. The topological polar surface area (TPSA) is 34.1 Å². The SMILES string of the molecule is Cl.Fc1cc(Cl)cnc1COc1cccc(C2CCNCC2)c1. The fraction of sp³-hybridized carbons (Fsp3) is 0.353. The molecule has 1 N–H and O–H groups in total. The molecule has 0 spiro atoms. The summed E-state index contributed by atoms with van der Waals surface area (Å²) in [4.78, 5) is 3.96. The molecule has 0 saturated carbocycles. The van der Waals surface area contributed by atoms with Crippen LogP contribution in [0.1, 0.15) is 30.0 Å². The first-order valence-corrected chi connectivity index (χ1v) is 7.83. The van der Waals surface area contributed by atoms with Gasteiger partial charge in [0, 0.05) is 6.20 Å². The average molecular weight is 357 g/mol. The number of hydrogen-bond acceptors (Lipinski definition) is 3. The molecule has 1 aliphatic heterocycles. The van der Waals surface area contributed by atoms with Crippen molar-refractivity contribution >= 4 is 24.0 Å². The van der Waals surface area contributed by atoms with Gasteiger partial charge in [-0.2, -0.15) is 0 Å². The van der Waals surface area contributed by atoms with Gasteiger partial charge in [-0.15, -0.1) is 12.4 Å². The van der Waals surface area contributed by atoms with Crippen LogP contribution in [0.2, 0.25) is 5.02 Å². The molecular weight excluding hydrogens is 338 g/mol. The van der Waals surface area contributed by atoms with E-state index >= 15 is 0 Å². The number of ether oxygens (including phenoxy) is 1. The smallest absolute Gasteiger partial charge is 0.149 e. The standard InChI is InChI=1S/C17H18ClFN2O.ClH/c18-14-9-16(19)17(21-10-14)11-22-15-3-1-2-13(8-15)12-4-6-20-7-5-12;/h1-3,8-10,12,20H,4-7,11H2;1H. The lowest BCUT2D eigenvalue weighted by Crippen LogP contribution is -2.26. The van der Waals surface area contributed by atoms with Gasteiger partial charge in [0.1, 0.15) is 23.9 Å². The van der Waals surface area contributed by atoms with Crippen LogP contribution in [0.25, 0.3) is 0 Å². The molecule has 3 rings (SSSR count). The van der Waals surface area contributed by atoms with Crippen molar-refractivity contribution in [2.24, 2.45) is 0 Å². The predicted molar refractivity (Wildman–Crippen MR) is 92.1 cm³/mol. The minimum atomic E-state index is -0.443. The van der Waals surface area contributed by atoms with Crippen molar-refractivity contribution in [2.45, 2.75) is 25.4 Å². The van der Waals surface area contributed by atoms with E-state index in [4.69, 9.17) is 16.3 Å². The third-order valence-electron chi connectivity index (χ3n) is 3.93. The highest BCUT2D eigenvalue weighted by Gasteiger charge is 2.15. The summed E-state index contributed by atoms with van der Waals surface area (Å²) >= 11 is 5.69. The van der Waals surface area contributed by atoms with Crippen LogP contribution in [0.15, 0.2) is 36.5 Å². The molecule has 1 fully saturated rings. The highest BCUT2D eigenvalue weighted by Crippen LogP contribution is 2.28. The number of nitrogens with zero attached hydrogens (tertiary/aromatic N) is 1. The Morgan fingerprint density at radius 1 is 1.26 bits per heavy atom. The van der Waals surface area contributed by atoms with E-state index in [9.17, 15) is 4.39 Å². The maximum Gasteiger partial charge on any atom is 0.149 e. The summed E-state index contributed by atoms with van der Waals surface area (Å²) in [5.74, 6) is 0.865. The van der Waals surface area contributed by atoms with Crippen molar-refractivity contribution in [3.8, 4) is 5.75 Å². The molecular formula is C17H19Cl2FN2O. The van der Waals surface area contributed by atoms with E-state index in [2.05, 4.69) is 16.4 Å². The van der Waals surface area contributed by atoms with Crippen LogP contribution in [-0.4, -0.2) is 18.1 Å². The Hall–Kier alpha value is -1.36. The fourth-order valence-electron chi connectivity index (χ4n) is 2.71. The van der Waals surface area contributed by atoms with Crippen LogP contribution < -0.4 is 10.1 Å². The van der Waals surface area contributed by atoms with E-state index in [1.54, 1.807) is 0 Å². The largest absolute Gasteiger partial charge is 0.487 e. The minimum Gasteiger partial charge on any atom is -0.487 e. The summed E-state index contributed by atoms with van der Waals surface area (Å²) in [7, 11) is 0. The maximum absolute atomic E-state index is 13.7. The Morgan fingerprint density at radius 2 is 2.04 bits per heavy atom. The number of hydrogen-bond donors (Lipinski definition) is 1. The van der Waals surface area contributed by atoms with Gasteiger partial charge in [-0.05, 0) is 55.6 Å². The van der Waals surface area contributed by atoms with Crippen molar-refractivity contribution in [1.82, 2.24) is 10.3 Å². The zero-order valence-corrected chi connectivity index (χ0v) is 14.2. The monoisotopic (exact) mass is 356 g/mol. The first-order chi connectivity index (χ1) is 10.7. The van der Waals surface area contributed by atoms with Gasteiger partial charge >= 0.3 is 0 Å². The van der Waals surface area contributed by atoms with Crippen molar-refractivity contribution in [3.05, 3.63) is 58.6 Å². The molecule has 6 heteroatoms. The summed E-state index contributed by atoms with van der Waals surface area (Å²) in [6.45, 7) is 2.20. The normalized spacial score (nSPS) is 15.0. The van der Waals surface area contributed by atoms with Crippen molar-refractivity contribution in [1.29, 1.82) is 0 Å². The van der Waals surface area contributed by atoms with Crippen LogP contribution >= 0.6 is 24.0 Å². The van der Waals surface area contributed by atoms with E-state index < -0.39 is 5.82 Å². The van der Waals surface area contributed by atoms with Crippen LogP contribution in [0, 0.1) is 5.82 Å². The highest BCUT2D eigenvalue weighted by molar-refractivity contribution is 6.30. The summed E-state index contributed by atoms with van der Waals surface area (Å²) in [6.07, 6.45) is 3.70. The molecule has 0 atom stereocenters. The number of pyridine rings is 1. The van der Waals surface area contributed by atoms with Gasteiger partial charge in [0.2, 0.25) is 0 Å². The molecule has 3 nitrogen and oxygen atoms in total. The van der Waals surface area contributed by atoms with Crippen molar-refractivity contribution in [3.63, 3.8) is 0 Å². The molecule has 124 valence electrons. The molecule has 2 heterocycles. The van der Waals surface area contributed by atoms with Gasteiger partial charge in [-0.25, -0.2) is 4.39 Å². The summed E-state index contributed by atoms with van der Waals surface area (Å²) in [6, 6.07) is 9.29. The predicted octanol–water partition coefficient (Wildman–Crippen LogP) is 4.34. The Balaban J connectivity index is 0.00000192. The van der Waals surface area contributed by atoms with Crippen LogP contribution in [-0.2, 0) is 6.61 Å².